The molecule has 0 radical (unpaired) electrons. The van der Waals surface area contributed by atoms with Gasteiger partial charge in [-0.15, -0.1) is 0 Å². The number of nitro groups is 1. The molecule has 0 rings (SSSR count). The molecule has 18 heavy (non-hydrogen) atoms. The molecular weight excluding hydrogens is 240 g/mol. The van der Waals surface area contributed by atoms with Gasteiger partial charge in [0.25, 0.3) is 5.96 Å². The fourth-order valence-electron chi connectivity index (χ4n) is 1.53. The molecule has 0 unspecified atom stereocenters. The molecule has 0 aliphatic rings. The quantitative estimate of drug-likeness (QED) is 0.177. The van der Waals surface area contributed by atoms with Crippen LogP contribution >= 0.6 is 0 Å². The summed E-state index contributed by atoms with van der Waals surface area (Å²) in [5.41, 5.74) is 5.06. The Morgan fingerprint density at radius 1 is 1.22 bits per heavy atom. The fourth-order valence-corrected chi connectivity index (χ4v) is 1.53. The Hall–Kier alpha value is -1.86. The lowest BCUT2D eigenvalue weighted by Crippen LogP contribution is -2.41. The van der Waals surface area contributed by atoms with Crippen molar-refractivity contribution in [3.8, 4) is 0 Å². The van der Waals surface area contributed by atoms with Crippen LogP contribution in [-0.4, -0.2) is 33.6 Å². The summed E-state index contributed by atoms with van der Waals surface area (Å²) in [6, 6.07) is 0. The summed E-state index contributed by atoms with van der Waals surface area (Å²) in [6.45, 7) is 0.136. The normalized spacial score (nSPS) is 10.0. The zero-order valence-corrected chi connectivity index (χ0v) is 10.3. The average Bonchev–Trinajstić information content (AvgIpc) is 2.25. The Morgan fingerprint density at radius 3 is 2.17 bits per heavy atom. The minimum atomic E-state index is -0.780. The minimum absolute atomic E-state index is 0.136. The molecule has 8 heteroatoms. The van der Waals surface area contributed by atoms with Crippen molar-refractivity contribution < 1.29 is 14.9 Å². The van der Waals surface area contributed by atoms with Crippen LogP contribution in [0.2, 0.25) is 0 Å². The SMILES string of the molecule is N=C(N)N(CCCCCCCCC(=O)O)[N+](=O)[O-]. The van der Waals surface area contributed by atoms with Gasteiger partial charge >= 0.3 is 5.97 Å². The molecule has 0 aromatic rings. The molecule has 0 atom stereocenters. The second kappa shape index (κ2) is 9.20. The number of nitrogens with zero attached hydrogens (tertiary/aromatic N) is 2. The number of unbranched alkanes of at least 4 members (excludes halogenated alkanes) is 5. The van der Waals surface area contributed by atoms with Crippen molar-refractivity contribution in [1.82, 2.24) is 5.01 Å². The number of rotatable bonds is 10. The van der Waals surface area contributed by atoms with Crippen LogP contribution in [0.15, 0.2) is 0 Å². The number of guanidine groups is 1. The van der Waals surface area contributed by atoms with E-state index in [1.165, 1.54) is 0 Å². The summed E-state index contributed by atoms with van der Waals surface area (Å²) in [7, 11) is 0. The summed E-state index contributed by atoms with van der Waals surface area (Å²) < 4.78 is 0. The maximum absolute atomic E-state index is 10.5. The molecule has 104 valence electrons. The van der Waals surface area contributed by atoms with Gasteiger partial charge in [-0.25, -0.2) is 10.1 Å². The first-order chi connectivity index (χ1) is 8.45. The van der Waals surface area contributed by atoms with E-state index in [2.05, 4.69) is 0 Å². The lowest BCUT2D eigenvalue weighted by atomic mass is 10.1. The molecule has 0 bridgehead atoms. The first kappa shape index (κ1) is 16.1. The molecule has 0 fully saturated rings. The van der Waals surface area contributed by atoms with E-state index >= 15 is 0 Å². The summed E-state index contributed by atoms with van der Waals surface area (Å²) in [6.07, 6.45) is 4.96. The molecular formula is C10H20N4O4. The maximum Gasteiger partial charge on any atom is 0.303 e. The van der Waals surface area contributed by atoms with Crippen LogP contribution in [0.4, 0.5) is 0 Å². The largest absolute Gasteiger partial charge is 0.481 e. The molecule has 0 aromatic carbocycles. The van der Waals surface area contributed by atoms with Crippen LogP contribution in [0.3, 0.4) is 0 Å². The second-order valence-electron chi connectivity index (χ2n) is 4.01. The van der Waals surface area contributed by atoms with Crippen molar-refractivity contribution >= 4 is 11.9 Å². The first-order valence-corrected chi connectivity index (χ1v) is 5.92. The van der Waals surface area contributed by atoms with Crippen molar-refractivity contribution in [2.75, 3.05) is 6.54 Å². The molecule has 0 saturated heterocycles. The van der Waals surface area contributed by atoms with Crippen LogP contribution in [0.25, 0.3) is 0 Å². The molecule has 8 nitrogen and oxygen atoms in total. The highest BCUT2D eigenvalue weighted by atomic mass is 16.7. The lowest BCUT2D eigenvalue weighted by Gasteiger charge is -2.10. The van der Waals surface area contributed by atoms with E-state index in [4.69, 9.17) is 16.2 Å². The van der Waals surface area contributed by atoms with Gasteiger partial charge in [-0.2, -0.15) is 0 Å². The fraction of sp³-hybridized carbons (Fsp3) is 0.800. The van der Waals surface area contributed by atoms with Crippen LogP contribution in [0, 0.1) is 15.5 Å². The van der Waals surface area contributed by atoms with E-state index in [9.17, 15) is 14.9 Å². The van der Waals surface area contributed by atoms with Crippen molar-refractivity contribution in [2.45, 2.75) is 44.9 Å². The Labute approximate surface area is 105 Å². The van der Waals surface area contributed by atoms with Crippen LogP contribution in [0.5, 0.6) is 0 Å². The maximum atomic E-state index is 10.5. The van der Waals surface area contributed by atoms with E-state index in [-0.39, 0.29) is 13.0 Å². The number of carbonyl (C=O) groups is 1. The number of hydrogen-bond acceptors (Lipinski definition) is 4. The van der Waals surface area contributed by atoms with E-state index in [0.717, 1.165) is 25.7 Å². The van der Waals surface area contributed by atoms with Gasteiger partial charge in [0, 0.05) is 6.42 Å². The molecule has 4 N–H and O–H groups in total. The third-order valence-electron chi connectivity index (χ3n) is 2.49. The molecule has 0 aliphatic carbocycles. The molecule has 0 aliphatic heterocycles. The third-order valence-corrected chi connectivity index (χ3v) is 2.49. The number of hydrazine groups is 1. The Kier molecular flexibility index (Phi) is 8.25. The summed E-state index contributed by atoms with van der Waals surface area (Å²) in [5, 5.41) is 25.8. The molecule has 0 spiro atoms. The summed E-state index contributed by atoms with van der Waals surface area (Å²) in [4.78, 5) is 20.7. The van der Waals surface area contributed by atoms with E-state index in [0.29, 0.717) is 17.9 Å². The number of nitrogens with one attached hydrogen (secondary N) is 1. The van der Waals surface area contributed by atoms with Crippen molar-refractivity contribution in [3.05, 3.63) is 10.1 Å². The Bertz CT molecular complexity index is 282. The molecule has 0 amide bonds. The molecule has 0 heterocycles. The van der Waals surface area contributed by atoms with E-state index < -0.39 is 17.0 Å². The number of nitrogens with two attached hydrogens (primary N) is 1. The third kappa shape index (κ3) is 8.31. The predicted molar refractivity (Wildman–Crippen MR) is 65.6 cm³/mol. The zero-order valence-electron chi connectivity index (χ0n) is 10.3. The topological polar surface area (TPSA) is 134 Å². The van der Waals surface area contributed by atoms with Gasteiger partial charge in [0.15, 0.2) is 5.03 Å². The standard InChI is InChI=1S/C10H20N4O4/c11-10(12)13(14(17)18)8-6-4-2-1-3-5-7-9(15)16/h1-8H2,(H3,11,12)(H,15,16). The summed E-state index contributed by atoms with van der Waals surface area (Å²) >= 11 is 0. The second-order valence-corrected chi connectivity index (χ2v) is 4.01. The molecule has 0 aromatic heterocycles. The number of hydrogen-bond donors (Lipinski definition) is 3. The smallest absolute Gasteiger partial charge is 0.303 e. The number of carboxylic acid groups (broad SMARTS) is 1. The van der Waals surface area contributed by atoms with Crippen molar-refractivity contribution in [2.24, 2.45) is 5.73 Å². The number of aliphatic carboxylic acids is 1. The van der Waals surface area contributed by atoms with Crippen LogP contribution in [0.1, 0.15) is 44.9 Å². The highest BCUT2D eigenvalue weighted by molar-refractivity contribution is 5.73. The molecule has 0 saturated carbocycles. The predicted octanol–water partition coefficient (Wildman–Crippen LogP) is 1.19. The Morgan fingerprint density at radius 2 is 1.72 bits per heavy atom. The van der Waals surface area contributed by atoms with E-state index in [1.54, 1.807) is 0 Å². The van der Waals surface area contributed by atoms with Gasteiger partial charge in [0.1, 0.15) is 0 Å². The monoisotopic (exact) mass is 260 g/mol. The highest BCUT2D eigenvalue weighted by Crippen LogP contribution is 2.07. The van der Waals surface area contributed by atoms with Gasteiger partial charge < -0.3 is 10.8 Å². The average molecular weight is 260 g/mol. The van der Waals surface area contributed by atoms with Gasteiger partial charge in [0.05, 0.1) is 6.54 Å². The van der Waals surface area contributed by atoms with Crippen molar-refractivity contribution in [1.29, 1.82) is 5.41 Å². The number of carboxylic acids is 1. The van der Waals surface area contributed by atoms with E-state index in [1.807, 2.05) is 0 Å². The Balaban J connectivity index is 3.47. The van der Waals surface area contributed by atoms with Gasteiger partial charge in [0.2, 0.25) is 0 Å². The van der Waals surface area contributed by atoms with Crippen molar-refractivity contribution in [3.63, 3.8) is 0 Å². The highest BCUT2D eigenvalue weighted by Gasteiger charge is 2.16. The summed E-state index contributed by atoms with van der Waals surface area (Å²) in [5.74, 6) is -1.33. The zero-order chi connectivity index (χ0) is 14.0. The van der Waals surface area contributed by atoms with Gasteiger partial charge in [-0.1, -0.05) is 30.7 Å². The van der Waals surface area contributed by atoms with Crippen LogP contribution in [-0.2, 0) is 4.79 Å². The minimum Gasteiger partial charge on any atom is -0.481 e. The first-order valence-electron chi connectivity index (χ1n) is 5.92. The lowest BCUT2D eigenvalue weighted by molar-refractivity contribution is -0.629. The van der Waals surface area contributed by atoms with Crippen LogP contribution < -0.4 is 5.73 Å². The van der Waals surface area contributed by atoms with Gasteiger partial charge in [-0.3, -0.25) is 10.2 Å². The van der Waals surface area contributed by atoms with Gasteiger partial charge in [-0.05, 0) is 12.8 Å².